The third kappa shape index (κ3) is 5.51. The molecule has 0 spiro atoms. The molecule has 8 nitrogen and oxygen atoms in total. The molecule has 0 aromatic heterocycles. The Morgan fingerprint density at radius 2 is 1.47 bits per heavy atom. The molecule has 2 aliphatic rings. The average molecular weight is 466 g/mol. The maximum Gasteiger partial charge on any atom is 0.236 e. The van der Waals surface area contributed by atoms with Gasteiger partial charge in [0.05, 0.1) is 11.4 Å². The van der Waals surface area contributed by atoms with Crippen LogP contribution in [0.2, 0.25) is 0 Å². The van der Waals surface area contributed by atoms with Crippen LogP contribution in [0.1, 0.15) is 33.6 Å². The maximum absolute atomic E-state index is 6.26. The van der Waals surface area contributed by atoms with Gasteiger partial charge in [0, 0.05) is 38.9 Å². The summed E-state index contributed by atoms with van der Waals surface area (Å²) in [7, 11) is 3.43. The number of hydrogen-bond acceptors (Lipinski definition) is 8. The average Bonchev–Trinajstić information content (AvgIpc) is 2.85. The number of hydrogen-bond donors (Lipinski definition) is 0. The lowest BCUT2D eigenvalue weighted by Crippen LogP contribution is -2.42. The zero-order valence-corrected chi connectivity index (χ0v) is 20.7. The van der Waals surface area contributed by atoms with Crippen LogP contribution in [-0.2, 0) is 14.2 Å². The third-order valence-corrected chi connectivity index (χ3v) is 5.95. The van der Waals surface area contributed by atoms with Gasteiger partial charge in [0.25, 0.3) is 0 Å². The molecule has 1 saturated heterocycles. The molecule has 0 atom stereocenters. The largest absolute Gasteiger partial charge is 0.471 e. The first-order valence-corrected chi connectivity index (χ1v) is 11.8. The first-order chi connectivity index (χ1) is 16.4. The fourth-order valence-corrected chi connectivity index (χ4v) is 4.38. The highest BCUT2D eigenvalue weighted by Gasteiger charge is 2.30. The molecule has 2 heterocycles. The third-order valence-electron chi connectivity index (χ3n) is 5.95. The maximum atomic E-state index is 6.26. The monoisotopic (exact) mass is 465 g/mol. The standard InChI is InChI=1S/C26H35N5O3/c1-26(2,3)34-24-19-27-28-31(23-9-7-6-8-10-23)30(24)22-13-11-21(12-14-22)29-17-15-20(16-18-29)25(32-4)33-5/h6-14,19-20,25H,15-18H2,1-5H3. The minimum absolute atomic E-state index is 0.130. The van der Waals surface area contributed by atoms with Crippen molar-refractivity contribution in [2.24, 2.45) is 16.3 Å². The normalized spacial score (nSPS) is 17.4. The highest BCUT2D eigenvalue weighted by molar-refractivity contribution is 5.64. The Hall–Kier alpha value is -3.10. The summed E-state index contributed by atoms with van der Waals surface area (Å²) in [5.74, 6) is 1.04. The predicted molar refractivity (Wildman–Crippen MR) is 134 cm³/mol. The van der Waals surface area contributed by atoms with Crippen LogP contribution in [0.5, 0.6) is 0 Å². The van der Waals surface area contributed by atoms with Crippen LogP contribution in [0, 0.1) is 5.92 Å². The molecule has 0 unspecified atom stereocenters. The second kappa shape index (κ2) is 10.4. The molecule has 0 radical (unpaired) electrons. The van der Waals surface area contributed by atoms with Crippen molar-refractivity contribution in [3.63, 3.8) is 0 Å². The van der Waals surface area contributed by atoms with E-state index in [0.717, 1.165) is 37.3 Å². The second-order valence-corrected chi connectivity index (χ2v) is 9.50. The predicted octanol–water partition coefficient (Wildman–Crippen LogP) is 5.74. The van der Waals surface area contributed by atoms with Gasteiger partial charge >= 0.3 is 0 Å². The lowest BCUT2D eigenvalue weighted by Gasteiger charge is -2.38. The molecule has 2 aromatic rings. The fraction of sp³-hybridized carbons (Fsp3) is 0.462. The van der Waals surface area contributed by atoms with Gasteiger partial charge < -0.3 is 19.1 Å². The van der Waals surface area contributed by atoms with E-state index in [1.807, 2.05) is 56.1 Å². The molecule has 8 heteroatoms. The van der Waals surface area contributed by atoms with Gasteiger partial charge in [-0.1, -0.05) is 18.2 Å². The first-order valence-electron chi connectivity index (χ1n) is 11.8. The summed E-state index contributed by atoms with van der Waals surface area (Å²) in [5, 5.41) is 12.3. The van der Waals surface area contributed by atoms with Crippen LogP contribution < -0.4 is 15.0 Å². The lowest BCUT2D eigenvalue weighted by molar-refractivity contribution is -0.141. The number of rotatable bonds is 7. The molecule has 2 aliphatic heterocycles. The topological polar surface area (TPSA) is 62.1 Å². The minimum Gasteiger partial charge on any atom is -0.471 e. The van der Waals surface area contributed by atoms with Crippen molar-refractivity contribution in [1.82, 2.24) is 0 Å². The van der Waals surface area contributed by atoms with E-state index in [1.54, 1.807) is 25.5 Å². The van der Waals surface area contributed by atoms with Crippen molar-refractivity contribution in [1.29, 1.82) is 0 Å². The van der Waals surface area contributed by atoms with Gasteiger partial charge in [0.15, 0.2) is 6.29 Å². The molecule has 1 fully saturated rings. The summed E-state index contributed by atoms with van der Waals surface area (Å²) >= 11 is 0. The van der Waals surface area contributed by atoms with E-state index in [9.17, 15) is 0 Å². The van der Waals surface area contributed by atoms with E-state index in [1.165, 1.54) is 5.69 Å². The Bertz CT molecular complexity index is 976. The van der Waals surface area contributed by atoms with Crippen LogP contribution in [0.15, 0.2) is 77.0 Å². The molecule has 0 aliphatic carbocycles. The van der Waals surface area contributed by atoms with Crippen LogP contribution >= 0.6 is 0 Å². The van der Waals surface area contributed by atoms with Crippen LogP contribution in [0.25, 0.3) is 0 Å². The highest BCUT2D eigenvalue weighted by atomic mass is 16.7. The summed E-state index contributed by atoms with van der Waals surface area (Å²) in [4.78, 5) is 2.41. The molecule has 0 amide bonds. The van der Waals surface area contributed by atoms with E-state index in [-0.39, 0.29) is 11.9 Å². The highest BCUT2D eigenvalue weighted by Crippen LogP contribution is 2.34. The SMILES string of the molecule is COC(OC)C1CCN(c2ccc(N3C(OC(C)(C)C)=CN=NN3c3ccccc3)cc2)CC1. The Labute approximate surface area is 202 Å². The molecular formula is C26H35N5O3. The van der Waals surface area contributed by atoms with Crippen LogP contribution in [0.4, 0.5) is 17.1 Å². The summed E-state index contributed by atoms with van der Waals surface area (Å²) in [6.07, 6.45) is 3.60. The van der Waals surface area contributed by atoms with Crippen molar-refractivity contribution < 1.29 is 14.2 Å². The number of ether oxygens (including phenoxy) is 3. The van der Waals surface area contributed by atoms with Crippen molar-refractivity contribution in [3.8, 4) is 0 Å². The summed E-state index contributed by atoms with van der Waals surface area (Å²) < 4.78 is 17.2. The van der Waals surface area contributed by atoms with Crippen LogP contribution in [0.3, 0.4) is 0 Å². The Kier molecular flexibility index (Phi) is 7.38. The quantitative estimate of drug-likeness (QED) is 0.486. The van der Waals surface area contributed by atoms with E-state index in [0.29, 0.717) is 11.8 Å². The molecule has 182 valence electrons. The minimum atomic E-state index is -0.383. The number of methoxy groups -OCH3 is 2. The summed E-state index contributed by atoms with van der Waals surface area (Å²) in [6, 6.07) is 18.5. The van der Waals surface area contributed by atoms with E-state index in [2.05, 4.69) is 39.5 Å². The van der Waals surface area contributed by atoms with Gasteiger partial charge in [-0.3, -0.25) is 0 Å². The van der Waals surface area contributed by atoms with Gasteiger partial charge in [-0.25, -0.2) is 0 Å². The fourth-order valence-electron chi connectivity index (χ4n) is 4.38. The Balaban J connectivity index is 1.55. The van der Waals surface area contributed by atoms with E-state index in [4.69, 9.17) is 14.2 Å². The van der Waals surface area contributed by atoms with Gasteiger partial charge in [0.1, 0.15) is 11.8 Å². The Morgan fingerprint density at radius 3 is 2.06 bits per heavy atom. The molecule has 0 saturated carbocycles. The number of hydrazine groups is 1. The summed E-state index contributed by atoms with van der Waals surface area (Å²) in [6.45, 7) is 8.01. The lowest BCUT2D eigenvalue weighted by atomic mass is 9.95. The van der Waals surface area contributed by atoms with Crippen molar-refractivity contribution >= 4 is 17.1 Å². The number of piperidine rings is 1. The first kappa shape index (κ1) is 24.0. The van der Waals surface area contributed by atoms with Crippen molar-refractivity contribution in [2.45, 2.75) is 45.5 Å². The van der Waals surface area contributed by atoms with Gasteiger partial charge in [-0.2, -0.15) is 5.01 Å². The zero-order valence-electron chi connectivity index (χ0n) is 20.7. The zero-order chi connectivity index (χ0) is 24.1. The molecule has 2 aromatic carbocycles. The van der Waals surface area contributed by atoms with Crippen molar-refractivity contribution in [2.75, 3.05) is 42.3 Å². The van der Waals surface area contributed by atoms with Crippen LogP contribution in [-0.4, -0.2) is 39.2 Å². The number of para-hydroxylation sites is 1. The number of benzene rings is 2. The molecule has 0 bridgehead atoms. The van der Waals surface area contributed by atoms with E-state index < -0.39 is 0 Å². The van der Waals surface area contributed by atoms with Gasteiger partial charge in [-0.05, 0) is 75.2 Å². The molecule has 0 N–H and O–H groups in total. The smallest absolute Gasteiger partial charge is 0.236 e. The number of anilines is 3. The molecule has 4 rings (SSSR count). The second-order valence-electron chi connectivity index (χ2n) is 9.50. The molecular weight excluding hydrogens is 430 g/mol. The molecule has 34 heavy (non-hydrogen) atoms. The van der Waals surface area contributed by atoms with E-state index >= 15 is 0 Å². The van der Waals surface area contributed by atoms with Gasteiger partial charge in [-0.15, -0.1) is 10.2 Å². The summed E-state index contributed by atoms with van der Waals surface area (Å²) in [5.41, 5.74) is 2.65. The Morgan fingerprint density at radius 1 is 0.853 bits per heavy atom. The number of nitrogens with zero attached hydrogens (tertiary/aromatic N) is 5. The van der Waals surface area contributed by atoms with Gasteiger partial charge in [0.2, 0.25) is 5.88 Å². The van der Waals surface area contributed by atoms with Crippen molar-refractivity contribution in [3.05, 3.63) is 66.7 Å².